The molecule has 0 spiro atoms. The molecule has 1 atom stereocenters. The van der Waals surface area contributed by atoms with E-state index in [9.17, 15) is 0 Å². The van der Waals surface area contributed by atoms with Crippen LogP contribution in [0.2, 0.25) is 0 Å². The summed E-state index contributed by atoms with van der Waals surface area (Å²) in [7, 11) is 5.65. The van der Waals surface area contributed by atoms with Crippen LogP contribution >= 0.6 is 0 Å². The van der Waals surface area contributed by atoms with Crippen molar-refractivity contribution in [1.29, 1.82) is 0 Å². The predicted octanol–water partition coefficient (Wildman–Crippen LogP) is 2.29. The first kappa shape index (κ1) is 22.4. The van der Waals surface area contributed by atoms with Crippen LogP contribution in [0.3, 0.4) is 0 Å². The third-order valence-electron chi connectivity index (χ3n) is 4.16. The van der Waals surface area contributed by atoms with Crippen molar-refractivity contribution in [3.05, 3.63) is 35.9 Å². The number of guanidine groups is 1. The van der Waals surface area contributed by atoms with E-state index in [0.29, 0.717) is 0 Å². The second kappa shape index (κ2) is 14.5. The lowest BCUT2D eigenvalue weighted by molar-refractivity contribution is 0.0646. The molecule has 0 saturated heterocycles. The average Bonchev–Trinajstić information content (AvgIpc) is 2.68. The second-order valence-electron chi connectivity index (χ2n) is 6.35. The summed E-state index contributed by atoms with van der Waals surface area (Å²) in [5, 5.41) is 6.68. The van der Waals surface area contributed by atoms with E-state index < -0.39 is 0 Å². The van der Waals surface area contributed by atoms with Gasteiger partial charge in [-0.15, -0.1) is 0 Å². The summed E-state index contributed by atoms with van der Waals surface area (Å²) in [6.45, 7) is 7.34. The molecule has 26 heavy (non-hydrogen) atoms. The fourth-order valence-corrected chi connectivity index (χ4v) is 2.49. The molecule has 0 fully saturated rings. The average molecular weight is 365 g/mol. The molecule has 1 aromatic rings. The number of aliphatic imine (C=N–C) groups is 1. The van der Waals surface area contributed by atoms with Gasteiger partial charge >= 0.3 is 0 Å². The van der Waals surface area contributed by atoms with Crippen molar-refractivity contribution in [3.63, 3.8) is 0 Å². The van der Waals surface area contributed by atoms with Crippen molar-refractivity contribution in [1.82, 2.24) is 15.5 Å². The molecule has 0 heterocycles. The van der Waals surface area contributed by atoms with Gasteiger partial charge in [0.05, 0.1) is 12.7 Å². The number of likely N-dealkylation sites (N-methyl/N-ethyl adjacent to an activating group) is 1. The Balaban J connectivity index is 2.06. The molecule has 0 aliphatic rings. The first-order valence-electron chi connectivity index (χ1n) is 9.46. The second-order valence-corrected chi connectivity index (χ2v) is 6.35. The van der Waals surface area contributed by atoms with E-state index in [-0.39, 0.29) is 6.10 Å². The quantitative estimate of drug-likeness (QED) is 0.319. The van der Waals surface area contributed by atoms with E-state index in [4.69, 9.17) is 9.47 Å². The zero-order chi connectivity index (χ0) is 19.0. The lowest BCUT2D eigenvalue weighted by Gasteiger charge is -2.17. The van der Waals surface area contributed by atoms with Crippen LogP contribution in [0, 0.1) is 0 Å². The lowest BCUT2D eigenvalue weighted by atomic mass is 10.1. The van der Waals surface area contributed by atoms with Gasteiger partial charge in [-0.1, -0.05) is 30.3 Å². The topological polar surface area (TPSA) is 58.1 Å². The molecule has 1 aromatic carbocycles. The van der Waals surface area contributed by atoms with Gasteiger partial charge in [0, 0.05) is 40.4 Å². The molecular weight excluding hydrogens is 328 g/mol. The van der Waals surface area contributed by atoms with Crippen molar-refractivity contribution >= 4 is 5.96 Å². The van der Waals surface area contributed by atoms with Gasteiger partial charge in [0.2, 0.25) is 0 Å². The molecule has 2 N–H and O–H groups in total. The molecule has 0 saturated carbocycles. The molecule has 1 rings (SSSR count). The van der Waals surface area contributed by atoms with E-state index in [1.165, 1.54) is 5.56 Å². The molecule has 0 aromatic heterocycles. The highest BCUT2D eigenvalue weighted by atomic mass is 16.5. The summed E-state index contributed by atoms with van der Waals surface area (Å²) in [5.74, 6) is 0.848. The van der Waals surface area contributed by atoms with E-state index in [0.717, 1.165) is 58.2 Å². The van der Waals surface area contributed by atoms with Gasteiger partial charge in [-0.3, -0.25) is 4.99 Å². The van der Waals surface area contributed by atoms with E-state index in [1.807, 2.05) is 18.2 Å². The van der Waals surface area contributed by atoms with Crippen LogP contribution in [0.5, 0.6) is 0 Å². The van der Waals surface area contributed by atoms with Gasteiger partial charge in [-0.05, 0) is 38.9 Å². The largest absolute Gasteiger partial charge is 0.383 e. The third kappa shape index (κ3) is 10.4. The molecular formula is C20H36N4O2. The van der Waals surface area contributed by atoms with Crippen LogP contribution in [0.4, 0.5) is 0 Å². The van der Waals surface area contributed by atoms with Crippen LogP contribution in [0.1, 0.15) is 31.4 Å². The number of nitrogens with zero attached hydrogens (tertiary/aromatic N) is 2. The zero-order valence-electron chi connectivity index (χ0n) is 16.8. The van der Waals surface area contributed by atoms with Crippen molar-refractivity contribution in [2.75, 3.05) is 60.6 Å². The molecule has 0 aliphatic carbocycles. The van der Waals surface area contributed by atoms with Gasteiger partial charge < -0.3 is 25.0 Å². The van der Waals surface area contributed by atoms with Crippen LogP contribution in [-0.4, -0.2) is 71.5 Å². The van der Waals surface area contributed by atoms with Crippen molar-refractivity contribution < 1.29 is 9.47 Å². The van der Waals surface area contributed by atoms with E-state index in [2.05, 4.69) is 46.6 Å². The standard InChI is InChI=1S/C20H36N4O2/c1-18(19-10-6-5-7-11-19)26-16-9-13-23-20(21-2)22-12-8-14-24(3)15-17-25-4/h5-7,10-11,18H,8-9,12-17H2,1-4H3,(H2,21,22,23). The number of benzene rings is 1. The Kier molecular flexibility index (Phi) is 12.5. The smallest absolute Gasteiger partial charge is 0.190 e. The normalized spacial score (nSPS) is 13.0. The number of hydrogen-bond acceptors (Lipinski definition) is 4. The highest BCUT2D eigenvalue weighted by Crippen LogP contribution is 2.15. The Bertz CT molecular complexity index is 482. The lowest BCUT2D eigenvalue weighted by Crippen LogP contribution is -2.39. The maximum Gasteiger partial charge on any atom is 0.190 e. The van der Waals surface area contributed by atoms with Crippen LogP contribution in [0.25, 0.3) is 0 Å². The first-order chi connectivity index (χ1) is 12.7. The number of methoxy groups -OCH3 is 1. The zero-order valence-corrected chi connectivity index (χ0v) is 16.8. The van der Waals surface area contributed by atoms with Gasteiger partial charge in [-0.2, -0.15) is 0 Å². The van der Waals surface area contributed by atoms with E-state index >= 15 is 0 Å². The minimum absolute atomic E-state index is 0.128. The molecule has 148 valence electrons. The van der Waals surface area contributed by atoms with Gasteiger partial charge in [-0.25, -0.2) is 0 Å². The Hall–Kier alpha value is -1.63. The summed E-state index contributed by atoms with van der Waals surface area (Å²) in [6, 6.07) is 10.3. The number of nitrogens with one attached hydrogen (secondary N) is 2. The van der Waals surface area contributed by atoms with Crippen LogP contribution < -0.4 is 10.6 Å². The summed E-state index contributed by atoms with van der Waals surface area (Å²) < 4.78 is 11.0. The first-order valence-corrected chi connectivity index (χ1v) is 9.46. The van der Waals surface area contributed by atoms with Gasteiger partial charge in [0.15, 0.2) is 5.96 Å². The highest BCUT2D eigenvalue weighted by molar-refractivity contribution is 5.79. The summed E-state index contributed by atoms with van der Waals surface area (Å²) in [6.07, 6.45) is 2.14. The molecule has 0 aliphatic heterocycles. The van der Waals surface area contributed by atoms with Crippen molar-refractivity contribution in [2.24, 2.45) is 4.99 Å². The van der Waals surface area contributed by atoms with Gasteiger partial charge in [0.1, 0.15) is 0 Å². The maximum atomic E-state index is 5.88. The van der Waals surface area contributed by atoms with Crippen LogP contribution in [0.15, 0.2) is 35.3 Å². The maximum absolute atomic E-state index is 5.88. The Morgan fingerprint density at radius 3 is 2.42 bits per heavy atom. The van der Waals surface area contributed by atoms with Gasteiger partial charge in [0.25, 0.3) is 0 Å². The molecule has 6 heteroatoms. The number of ether oxygens (including phenoxy) is 2. The van der Waals surface area contributed by atoms with Crippen molar-refractivity contribution in [2.45, 2.75) is 25.9 Å². The predicted molar refractivity (Wildman–Crippen MR) is 109 cm³/mol. The summed E-state index contributed by atoms with van der Waals surface area (Å²) in [5.41, 5.74) is 1.22. The fraction of sp³-hybridized carbons (Fsp3) is 0.650. The third-order valence-corrected chi connectivity index (χ3v) is 4.16. The number of hydrogen-bond donors (Lipinski definition) is 2. The molecule has 0 bridgehead atoms. The van der Waals surface area contributed by atoms with E-state index in [1.54, 1.807) is 14.2 Å². The number of rotatable bonds is 13. The Labute approximate surface area is 159 Å². The highest BCUT2D eigenvalue weighted by Gasteiger charge is 2.04. The SMILES string of the molecule is CN=C(NCCCOC(C)c1ccccc1)NCCCN(C)CCOC. The minimum atomic E-state index is 0.128. The Morgan fingerprint density at radius 2 is 1.77 bits per heavy atom. The summed E-state index contributed by atoms with van der Waals surface area (Å²) in [4.78, 5) is 6.53. The van der Waals surface area contributed by atoms with Crippen LogP contribution in [-0.2, 0) is 9.47 Å². The minimum Gasteiger partial charge on any atom is -0.383 e. The summed E-state index contributed by atoms with van der Waals surface area (Å²) >= 11 is 0. The molecule has 6 nitrogen and oxygen atoms in total. The molecule has 0 amide bonds. The molecule has 1 unspecified atom stereocenters. The Morgan fingerprint density at radius 1 is 1.08 bits per heavy atom. The fourth-order valence-electron chi connectivity index (χ4n) is 2.49. The van der Waals surface area contributed by atoms with Crippen molar-refractivity contribution in [3.8, 4) is 0 Å². The monoisotopic (exact) mass is 364 g/mol. The molecule has 0 radical (unpaired) electrons.